The Balaban J connectivity index is 1.35. The Hall–Kier alpha value is -5.22. The normalized spacial score (nSPS) is 27.6. The van der Waals surface area contributed by atoms with Gasteiger partial charge in [-0.25, -0.2) is 4.79 Å². The number of carbonyl (C=O) groups excluding carboxylic acids is 3. The number of guanidine groups is 1. The summed E-state index contributed by atoms with van der Waals surface area (Å²) in [5.41, 5.74) is 6.25. The van der Waals surface area contributed by atoms with E-state index >= 15 is 0 Å². The van der Waals surface area contributed by atoms with Gasteiger partial charge in [0.25, 0.3) is 0 Å². The first-order valence-corrected chi connectivity index (χ1v) is 15.6. The highest BCUT2D eigenvalue weighted by Crippen LogP contribution is 2.60. The minimum Gasteiger partial charge on any atom is -0.496 e. The highest BCUT2D eigenvalue weighted by atomic mass is 16.6. The number of aldehydes is 1. The molecule has 16 heteroatoms. The SMILES string of the molecule is CCOC(=O)C1=C(C=O)C(=CCN2C=CNC2N2CN=C3C(=O)N=C(N)N=C32)c2c(c(CO)c3c(c2OC)C2CCCC(C)(O)C2O3)O1. The lowest BCUT2D eigenvalue weighted by Crippen LogP contribution is -2.53. The van der Waals surface area contributed by atoms with Gasteiger partial charge < -0.3 is 45.1 Å². The molecule has 5 heterocycles. The lowest BCUT2D eigenvalue weighted by Gasteiger charge is -2.37. The summed E-state index contributed by atoms with van der Waals surface area (Å²) in [5.74, 6) is -1.18. The fourth-order valence-electron chi connectivity index (χ4n) is 7.28. The molecule has 1 aliphatic carbocycles. The summed E-state index contributed by atoms with van der Waals surface area (Å²) >= 11 is 0. The van der Waals surface area contributed by atoms with Gasteiger partial charge in [-0.3, -0.25) is 19.5 Å². The van der Waals surface area contributed by atoms with Crippen molar-refractivity contribution in [3.63, 3.8) is 0 Å². The number of hydrogen-bond donors (Lipinski definition) is 4. The number of carbonyl (C=O) groups is 3. The van der Waals surface area contributed by atoms with Gasteiger partial charge in [0.05, 0.1) is 42.6 Å². The van der Waals surface area contributed by atoms with Crippen molar-refractivity contribution in [2.45, 2.75) is 63.6 Å². The molecule has 5 N–H and O–H groups in total. The number of esters is 1. The van der Waals surface area contributed by atoms with Crippen LogP contribution < -0.4 is 25.3 Å². The molecule has 0 bridgehead atoms. The molecule has 252 valence electrons. The molecule has 1 saturated carbocycles. The molecular formula is C32H35N7O9. The molecule has 0 saturated heterocycles. The smallest absolute Gasteiger partial charge is 0.375 e. The second kappa shape index (κ2) is 11.8. The zero-order chi connectivity index (χ0) is 33.9. The number of aliphatic imine (C=N–C) groups is 3. The first-order chi connectivity index (χ1) is 23.1. The summed E-state index contributed by atoms with van der Waals surface area (Å²) in [6, 6.07) is 0. The first kappa shape index (κ1) is 31.4. The number of allylic oxidation sites excluding steroid dienone is 2. The summed E-state index contributed by atoms with van der Waals surface area (Å²) < 4.78 is 23.8. The van der Waals surface area contributed by atoms with E-state index in [4.69, 9.17) is 24.7 Å². The molecule has 1 aromatic carbocycles. The van der Waals surface area contributed by atoms with Crippen LogP contribution in [-0.4, -0.2) is 101 Å². The maximum Gasteiger partial charge on any atom is 0.375 e. The lowest BCUT2D eigenvalue weighted by molar-refractivity contribution is -0.141. The third kappa shape index (κ3) is 4.73. The van der Waals surface area contributed by atoms with Gasteiger partial charge in [0.2, 0.25) is 11.7 Å². The maximum atomic E-state index is 13.2. The second-order valence-electron chi connectivity index (χ2n) is 12.2. The van der Waals surface area contributed by atoms with Crippen molar-refractivity contribution in [1.29, 1.82) is 0 Å². The quantitative estimate of drug-likeness (QED) is 0.220. The van der Waals surface area contributed by atoms with Crippen LogP contribution in [0.4, 0.5) is 0 Å². The fraction of sp³-hybridized carbons (Fsp3) is 0.438. The number of nitrogens with zero attached hydrogens (tertiary/aromatic N) is 5. The number of methoxy groups -OCH3 is 1. The average Bonchev–Trinajstić information content (AvgIpc) is 3.79. The van der Waals surface area contributed by atoms with Gasteiger partial charge in [0.1, 0.15) is 30.0 Å². The van der Waals surface area contributed by atoms with Crippen LogP contribution in [0.2, 0.25) is 0 Å². The highest BCUT2D eigenvalue weighted by Gasteiger charge is 2.52. The molecule has 4 unspecified atom stereocenters. The Morgan fingerprint density at radius 3 is 2.85 bits per heavy atom. The van der Waals surface area contributed by atoms with E-state index in [0.717, 1.165) is 6.42 Å². The second-order valence-corrected chi connectivity index (χ2v) is 12.2. The van der Waals surface area contributed by atoms with E-state index in [1.165, 1.54) is 7.11 Å². The summed E-state index contributed by atoms with van der Waals surface area (Å²) in [5, 5.41) is 25.2. The van der Waals surface area contributed by atoms with Crippen LogP contribution in [0.1, 0.15) is 55.7 Å². The van der Waals surface area contributed by atoms with E-state index in [-0.39, 0.29) is 65.9 Å². The molecule has 1 amide bonds. The zero-order valence-electron chi connectivity index (χ0n) is 26.6. The topological polar surface area (TPSA) is 210 Å². The maximum absolute atomic E-state index is 13.2. The molecule has 0 radical (unpaired) electrons. The van der Waals surface area contributed by atoms with Crippen molar-refractivity contribution in [3.05, 3.63) is 46.5 Å². The van der Waals surface area contributed by atoms with Gasteiger partial charge in [-0.1, -0.05) is 6.08 Å². The standard InChI is InChI=1S/C32H35N7O9/c1-4-46-29(43)24-17(12-40)15(7-10-38-11-9-34-31(38)39-14-35-21-27(39)36-30(33)37-28(21)42)19-22(47-24)18(13-41)23-20(25(19)45-3)16-6-5-8-32(2,44)26(16)48-23/h7,9,11-12,16,26,31,34,41,44H,4-6,8,10,13-14H2,1-3H3,(H2,33,37,42). The number of nitrogens with two attached hydrogens (primary N) is 1. The molecule has 5 aliphatic heterocycles. The van der Waals surface area contributed by atoms with E-state index in [0.29, 0.717) is 47.3 Å². The van der Waals surface area contributed by atoms with Gasteiger partial charge in [-0.05, 0) is 33.1 Å². The van der Waals surface area contributed by atoms with Gasteiger partial charge in [0, 0.05) is 36.0 Å². The molecule has 1 aromatic rings. The van der Waals surface area contributed by atoms with Crippen LogP contribution in [0.5, 0.6) is 17.2 Å². The number of rotatable bonds is 8. The molecule has 48 heavy (non-hydrogen) atoms. The summed E-state index contributed by atoms with van der Waals surface area (Å²) in [7, 11) is 1.49. The number of fused-ring (bicyclic) bond motifs is 5. The van der Waals surface area contributed by atoms with Crippen molar-refractivity contribution in [2.75, 3.05) is 26.9 Å². The molecule has 6 aliphatic rings. The number of aliphatic hydroxyl groups excluding tert-OH is 1. The Morgan fingerprint density at radius 1 is 1.31 bits per heavy atom. The van der Waals surface area contributed by atoms with Crippen LogP contribution in [0, 0.1) is 0 Å². The van der Waals surface area contributed by atoms with Crippen LogP contribution in [0.25, 0.3) is 5.57 Å². The molecule has 4 atom stereocenters. The van der Waals surface area contributed by atoms with E-state index < -0.39 is 36.5 Å². The van der Waals surface area contributed by atoms with Crippen LogP contribution >= 0.6 is 0 Å². The van der Waals surface area contributed by atoms with Crippen molar-refractivity contribution in [2.24, 2.45) is 20.7 Å². The number of aliphatic hydroxyl groups is 2. The predicted molar refractivity (Wildman–Crippen MR) is 170 cm³/mol. The summed E-state index contributed by atoms with van der Waals surface area (Å²) in [4.78, 5) is 54.3. The van der Waals surface area contributed by atoms with Crippen molar-refractivity contribution >= 4 is 41.2 Å². The van der Waals surface area contributed by atoms with Crippen LogP contribution in [0.3, 0.4) is 0 Å². The number of ether oxygens (including phenoxy) is 4. The number of amidine groups is 1. The Labute approximate surface area is 274 Å². The fourth-order valence-corrected chi connectivity index (χ4v) is 7.28. The van der Waals surface area contributed by atoms with Crippen molar-refractivity contribution in [1.82, 2.24) is 15.1 Å². The molecule has 7 rings (SSSR count). The minimum absolute atomic E-state index is 0.0269. The van der Waals surface area contributed by atoms with E-state index in [1.807, 2.05) is 4.90 Å². The molecule has 16 nitrogen and oxygen atoms in total. The van der Waals surface area contributed by atoms with Crippen LogP contribution in [-0.2, 0) is 25.7 Å². The lowest BCUT2D eigenvalue weighted by atomic mass is 9.73. The van der Waals surface area contributed by atoms with E-state index in [9.17, 15) is 24.6 Å². The van der Waals surface area contributed by atoms with Gasteiger partial charge in [0.15, 0.2) is 24.1 Å². The molecule has 0 spiro atoms. The van der Waals surface area contributed by atoms with Gasteiger partial charge in [-0.2, -0.15) is 9.98 Å². The van der Waals surface area contributed by atoms with Crippen molar-refractivity contribution < 1.29 is 43.5 Å². The third-order valence-electron chi connectivity index (χ3n) is 9.36. The Bertz CT molecular complexity index is 1810. The van der Waals surface area contributed by atoms with E-state index in [2.05, 4.69) is 20.3 Å². The summed E-state index contributed by atoms with van der Waals surface area (Å²) in [6.07, 6.45) is 6.58. The van der Waals surface area contributed by atoms with Crippen LogP contribution in [0.15, 0.2) is 44.8 Å². The molecule has 1 fully saturated rings. The van der Waals surface area contributed by atoms with E-state index in [1.54, 1.807) is 37.2 Å². The minimum atomic E-state index is -1.14. The molecular weight excluding hydrogens is 626 g/mol. The number of benzene rings is 1. The van der Waals surface area contributed by atoms with Gasteiger partial charge in [-0.15, -0.1) is 0 Å². The third-order valence-corrected chi connectivity index (χ3v) is 9.36. The van der Waals surface area contributed by atoms with Crippen molar-refractivity contribution in [3.8, 4) is 17.2 Å². The summed E-state index contributed by atoms with van der Waals surface area (Å²) in [6.45, 7) is 3.14. The Kier molecular flexibility index (Phi) is 7.71. The zero-order valence-corrected chi connectivity index (χ0v) is 26.6. The largest absolute Gasteiger partial charge is 0.496 e. The number of hydrogen-bond acceptors (Lipinski definition) is 15. The monoisotopic (exact) mass is 661 g/mol. The predicted octanol–water partition coefficient (Wildman–Crippen LogP) is 0.386. The molecule has 0 aromatic heterocycles. The average molecular weight is 662 g/mol. The highest BCUT2D eigenvalue weighted by molar-refractivity contribution is 6.69. The number of nitrogens with one attached hydrogen (secondary N) is 1. The number of amides is 1. The first-order valence-electron chi connectivity index (χ1n) is 15.6. The Morgan fingerprint density at radius 2 is 2.12 bits per heavy atom. The van der Waals surface area contributed by atoms with Gasteiger partial charge >= 0.3 is 11.9 Å².